The van der Waals surface area contributed by atoms with Crippen molar-refractivity contribution in [1.29, 1.82) is 0 Å². The number of carbonyl (C=O) groups is 1. The summed E-state index contributed by atoms with van der Waals surface area (Å²) in [5, 5.41) is 8.21. The van der Waals surface area contributed by atoms with Crippen molar-refractivity contribution in [2.45, 2.75) is 32.7 Å². The molecule has 0 atom stereocenters. The van der Waals surface area contributed by atoms with Gasteiger partial charge in [-0.05, 0) is 20.8 Å². The van der Waals surface area contributed by atoms with E-state index in [9.17, 15) is 4.79 Å². The van der Waals surface area contributed by atoms with Crippen LogP contribution in [0.5, 0.6) is 0 Å². The van der Waals surface area contributed by atoms with E-state index in [1.54, 1.807) is 20.8 Å². The van der Waals surface area contributed by atoms with E-state index < -0.39 is 11.6 Å². The van der Waals surface area contributed by atoms with Crippen LogP contribution in [0.3, 0.4) is 0 Å². The molecule has 0 aliphatic heterocycles. The number of carbonyl (C=O) groups excluding carboxylic acids is 1. The summed E-state index contributed by atoms with van der Waals surface area (Å²) in [6.45, 7) is 5.34. The van der Waals surface area contributed by atoms with Crippen LogP contribution < -0.4 is 0 Å². The number of hydrogen-bond acceptors (Lipinski definition) is 3. The first-order chi connectivity index (χ1) is 4.45. The van der Waals surface area contributed by atoms with Crippen molar-refractivity contribution >= 4 is 13.5 Å². The molecule has 0 bridgehead atoms. The van der Waals surface area contributed by atoms with Crippen molar-refractivity contribution in [2.24, 2.45) is 0 Å². The fourth-order valence-electron chi connectivity index (χ4n) is 0.458. The van der Waals surface area contributed by atoms with E-state index >= 15 is 0 Å². The second-order valence-electron chi connectivity index (χ2n) is 2.97. The second kappa shape index (κ2) is 3.61. The van der Waals surface area contributed by atoms with Gasteiger partial charge in [0, 0.05) is 6.32 Å². The SMILES string of the molecule is CC(C)(C)OC(=O)C[B]O. The zero-order valence-corrected chi connectivity index (χ0v) is 6.55. The van der Waals surface area contributed by atoms with Crippen LogP contribution in [-0.4, -0.2) is 24.1 Å². The molecule has 0 fully saturated rings. The number of esters is 1. The van der Waals surface area contributed by atoms with E-state index in [4.69, 9.17) is 9.76 Å². The molecular weight excluding hydrogens is 131 g/mol. The van der Waals surface area contributed by atoms with Crippen LogP contribution >= 0.6 is 0 Å². The van der Waals surface area contributed by atoms with Crippen LogP contribution in [-0.2, 0) is 9.53 Å². The third-order valence-corrected chi connectivity index (χ3v) is 0.678. The number of rotatable bonds is 2. The lowest BCUT2D eigenvalue weighted by Crippen LogP contribution is -2.24. The Balaban J connectivity index is 3.58. The molecule has 0 amide bonds. The Hall–Kier alpha value is -0.505. The molecule has 0 saturated heterocycles. The highest BCUT2D eigenvalue weighted by Gasteiger charge is 2.15. The minimum absolute atomic E-state index is 0.0444. The second-order valence-corrected chi connectivity index (χ2v) is 2.97. The zero-order valence-electron chi connectivity index (χ0n) is 6.55. The molecule has 3 nitrogen and oxygen atoms in total. The molecule has 0 spiro atoms. The van der Waals surface area contributed by atoms with Gasteiger partial charge < -0.3 is 9.76 Å². The minimum atomic E-state index is -0.458. The van der Waals surface area contributed by atoms with E-state index in [2.05, 4.69) is 0 Å². The zero-order chi connectivity index (χ0) is 8.20. The van der Waals surface area contributed by atoms with Crippen LogP contribution in [0, 0.1) is 0 Å². The Morgan fingerprint density at radius 2 is 2.10 bits per heavy atom. The summed E-state index contributed by atoms with van der Waals surface area (Å²) in [5.74, 6) is -0.407. The molecule has 0 aliphatic carbocycles. The molecule has 0 aromatic rings. The van der Waals surface area contributed by atoms with Crippen molar-refractivity contribution < 1.29 is 14.6 Å². The Morgan fingerprint density at radius 3 is 2.40 bits per heavy atom. The predicted octanol–water partition coefficient (Wildman–Crippen LogP) is 0.358. The molecule has 0 aromatic heterocycles. The van der Waals surface area contributed by atoms with Gasteiger partial charge in [-0.3, -0.25) is 4.79 Å². The molecule has 0 saturated carbocycles. The van der Waals surface area contributed by atoms with Crippen molar-refractivity contribution in [2.75, 3.05) is 0 Å². The molecule has 0 unspecified atom stereocenters. The predicted molar refractivity (Wildman–Crippen MR) is 38.6 cm³/mol. The van der Waals surface area contributed by atoms with Crippen molar-refractivity contribution in [3.63, 3.8) is 0 Å². The third-order valence-electron chi connectivity index (χ3n) is 0.678. The van der Waals surface area contributed by atoms with Gasteiger partial charge in [0.25, 0.3) is 7.48 Å². The monoisotopic (exact) mass is 143 g/mol. The van der Waals surface area contributed by atoms with Gasteiger partial charge in [-0.1, -0.05) is 0 Å². The summed E-state index contributed by atoms with van der Waals surface area (Å²) in [6.07, 6.45) is -0.0444. The first kappa shape index (κ1) is 9.49. The standard InChI is InChI=1S/C6H12BO3/c1-6(2,3)10-5(8)4-7-9/h9H,4H2,1-3H3. The molecule has 0 heterocycles. The molecular formula is C6H12BO3. The molecule has 10 heavy (non-hydrogen) atoms. The lowest BCUT2D eigenvalue weighted by molar-refractivity contribution is -0.151. The van der Waals surface area contributed by atoms with E-state index in [1.807, 2.05) is 0 Å². The molecule has 0 aliphatic rings. The van der Waals surface area contributed by atoms with Crippen LogP contribution in [0.1, 0.15) is 20.8 Å². The van der Waals surface area contributed by atoms with Crippen molar-refractivity contribution in [3.8, 4) is 0 Å². The molecule has 1 radical (unpaired) electrons. The van der Waals surface area contributed by atoms with Crippen LogP contribution in [0.4, 0.5) is 0 Å². The van der Waals surface area contributed by atoms with E-state index in [0.717, 1.165) is 7.48 Å². The van der Waals surface area contributed by atoms with Crippen molar-refractivity contribution in [3.05, 3.63) is 0 Å². The van der Waals surface area contributed by atoms with Gasteiger partial charge >= 0.3 is 5.97 Å². The average Bonchev–Trinajstić information content (AvgIpc) is 1.59. The first-order valence-corrected chi connectivity index (χ1v) is 3.13. The summed E-state index contributed by atoms with van der Waals surface area (Å²) in [4.78, 5) is 10.6. The molecule has 0 aromatic carbocycles. The highest BCUT2D eigenvalue weighted by molar-refractivity contribution is 6.32. The van der Waals surface area contributed by atoms with Gasteiger partial charge in [0.05, 0.1) is 0 Å². The Kier molecular flexibility index (Phi) is 3.43. The lowest BCUT2D eigenvalue weighted by Gasteiger charge is -2.18. The molecule has 4 heteroatoms. The van der Waals surface area contributed by atoms with Crippen LogP contribution in [0.2, 0.25) is 6.32 Å². The maximum Gasteiger partial charge on any atom is 0.300 e. The largest absolute Gasteiger partial charge is 0.460 e. The van der Waals surface area contributed by atoms with Crippen LogP contribution in [0.15, 0.2) is 0 Å². The highest BCUT2D eigenvalue weighted by Crippen LogP contribution is 2.07. The van der Waals surface area contributed by atoms with Crippen molar-refractivity contribution in [1.82, 2.24) is 0 Å². The van der Waals surface area contributed by atoms with E-state index in [1.165, 1.54) is 0 Å². The first-order valence-electron chi connectivity index (χ1n) is 3.13. The third kappa shape index (κ3) is 5.63. The fourth-order valence-corrected chi connectivity index (χ4v) is 0.458. The summed E-state index contributed by atoms with van der Waals surface area (Å²) in [6, 6.07) is 0. The summed E-state index contributed by atoms with van der Waals surface area (Å²) in [5.41, 5.74) is -0.458. The maximum absolute atomic E-state index is 10.6. The highest BCUT2D eigenvalue weighted by atomic mass is 16.6. The van der Waals surface area contributed by atoms with Gasteiger partial charge in [-0.15, -0.1) is 0 Å². The lowest BCUT2D eigenvalue weighted by atomic mass is 9.97. The van der Waals surface area contributed by atoms with Gasteiger partial charge in [-0.2, -0.15) is 0 Å². The number of hydrogen-bond donors (Lipinski definition) is 1. The normalized spacial score (nSPS) is 10.8. The quantitative estimate of drug-likeness (QED) is 0.448. The summed E-state index contributed by atoms with van der Waals surface area (Å²) < 4.78 is 4.85. The maximum atomic E-state index is 10.6. The van der Waals surface area contributed by atoms with E-state index in [-0.39, 0.29) is 6.32 Å². The average molecular weight is 143 g/mol. The number of ether oxygens (including phenoxy) is 1. The molecule has 1 N–H and O–H groups in total. The topological polar surface area (TPSA) is 46.5 Å². The fraction of sp³-hybridized carbons (Fsp3) is 0.833. The van der Waals surface area contributed by atoms with Gasteiger partial charge in [0.2, 0.25) is 0 Å². The van der Waals surface area contributed by atoms with Gasteiger partial charge in [-0.25, -0.2) is 0 Å². The Labute approximate surface area is 61.7 Å². The molecule has 57 valence electrons. The smallest absolute Gasteiger partial charge is 0.300 e. The Bertz CT molecular complexity index is 117. The Morgan fingerprint density at radius 1 is 1.60 bits per heavy atom. The van der Waals surface area contributed by atoms with Gasteiger partial charge in [0.15, 0.2) is 0 Å². The van der Waals surface area contributed by atoms with Crippen LogP contribution in [0.25, 0.3) is 0 Å². The summed E-state index contributed by atoms with van der Waals surface area (Å²) >= 11 is 0. The minimum Gasteiger partial charge on any atom is -0.460 e. The summed E-state index contributed by atoms with van der Waals surface area (Å²) in [7, 11) is 0.786. The van der Waals surface area contributed by atoms with E-state index in [0.29, 0.717) is 0 Å². The molecule has 0 rings (SSSR count). The van der Waals surface area contributed by atoms with Gasteiger partial charge in [0.1, 0.15) is 5.60 Å².